The molecule has 1 fully saturated rings. The third kappa shape index (κ3) is 13.9. The number of aromatic hydroxyl groups is 1. The molecule has 0 unspecified atom stereocenters. The maximum Gasteiger partial charge on any atom is 0.530 e. The van der Waals surface area contributed by atoms with E-state index in [4.69, 9.17) is 92.0 Å². The molecular weight excluding hydrogens is 725 g/mol. The first-order valence-electron chi connectivity index (χ1n) is 13.3. The topological polar surface area (TPSA) is 141 Å². The van der Waals surface area contributed by atoms with Gasteiger partial charge in [0, 0.05) is 0 Å². The van der Waals surface area contributed by atoms with Crippen molar-refractivity contribution in [2.45, 2.75) is 0 Å². The van der Waals surface area contributed by atoms with Crippen molar-refractivity contribution in [1.29, 1.82) is 0 Å². The van der Waals surface area contributed by atoms with Gasteiger partial charge in [0.25, 0.3) is 0 Å². The van der Waals surface area contributed by atoms with Crippen LogP contribution in [0, 0.1) is 5.41 Å². The van der Waals surface area contributed by atoms with E-state index >= 15 is 0 Å². The number of phenols is 1. The van der Waals surface area contributed by atoms with E-state index in [9.17, 15) is 5.11 Å². The Morgan fingerprint density at radius 2 is 0.783 bits per heavy atom. The van der Waals surface area contributed by atoms with Crippen LogP contribution < -0.4 is 13.6 Å². The van der Waals surface area contributed by atoms with E-state index in [0.717, 1.165) is 13.2 Å². The fraction of sp³-hybridized carbons (Fsp3) is 0.226. The molecule has 0 aromatic heterocycles. The van der Waals surface area contributed by atoms with Crippen LogP contribution in [0.15, 0.2) is 91.0 Å². The summed E-state index contributed by atoms with van der Waals surface area (Å²) in [5.41, 5.74) is -1.11. The molecule has 4 aromatic rings. The minimum Gasteiger partial charge on any atom is -0.505 e. The van der Waals surface area contributed by atoms with E-state index < -0.39 is 40.4 Å². The van der Waals surface area contributed by atoms with Crippen molar-refractivity contribution >= 4 is 66.6 Å². The molecule has 0 amide bonds. The third-order valence-electron chi connectivity index (χ3n) is 5.50. The quantitative estimate of drug-likeness (QED) is 0.0470. The maximum atomic E-state index is 9.20. The molecule has 5 rings (SSSR count). The number of benzene rings is 4. The molecule has 0 atom stereocenters. The zero-order chi connectivity index (χ0) is 34.0. The Hall–Kier alpha value is -2.24. The summed E-state index contributed by atoms with van der Waals surface area (Å²) in [5, 5.41) is 43.0. The molecule has 9 nitrogen and oxygen atoms in total. The van der Waals surface area contributed by atoms with Gasteiger partial charge in [-0.1, -0.05) is 113 Å². The Morgan fingerprint density at radius 1 is 0.522 bits per heavy atom. The van der Waals surface area contributed by atoms with Crippen LogP contribution in [-0.2, 0) is 4.74 Å². The molecule has 250 valence electrons. The first kappa shape index (κ1) is 39.9. The Balaban J connectivity index is 0.000000257. The lowest BCUT2D eigenvalue weighted by Gasteiger charge is -2.23. The minimum absolute atomic E-state index is 0.00904. The molecule has 0 bridgehead atoms. The average molecular weight is 757 g/mol. The second-order valence-corrected chi connectivity index (χ2v) is 12.0. The third-order valence-corrected chi connectivity index (χ3v) is 8.84. The first-order chi connectivity index (χ1) is 22.1. The number of aliphatic hydroxyl groups excluding tert-OH is 4. The molecule has 0 saturated carbocycles. The first-order valence-corrected chi connectivity index (χ1v) is 16.3. The van der Waals surface area contributed by atoms with Crippen molar-refractivity contribution in [2.75, 3.05) is 39.6 Å². The van der Waals surface area contributed by atoms with E-state index in [1.54, 1.807) is 0 Å². The van der Waals surface area contributed by atoms with Gasteiger partial charge < -0.3 is 43.8 Å². The van der Waals surface area contributed by atoms with Crippen molar-refractivity contribution < 1.29 is 43.8 Å². The molecule has 5 N–H and O–H groups in total. The number of aliphatic hydroxyl groups is 4. The Labute approximate surface area is 293 Å². The van der Waals surface area contributed by atoms with Gasteiger partial charge in [0.2, 0.25) is 0 Å². The van der Waals surface area contributed by atoms with Crippen molar-refractivity contribution in [3.05, 3.63) is 116 Å². The normalized spacial score (nSPS) is 11.5. The zero-order valence-corrected chi connectivity index (χ0v) is 28.8. The Kier molecular flexibility index (Phi) is 18.8. The molecule has 1 aliphatic rings. The fourth-order valence-corrected chi connectivity index (χ4v) is 4.77. The standard InChI is InChI=1S/C18H15O3P.C6HCl5O.C5H12O4.C2H4O/c1-4-10-16(11-5-1)19-22(20-17-12-6-2-7-13-17)21-18-14-8-3-9-15-18;7-1-2(8)4(10)6(12)5(11)3(1)9;6-1-5(2-7,3-8)4-9;1-2-3-1/h1-15H;12H;6-9H,1-4H2;1-2H2. The van der Waals surface area contributed by atoms with Gasteiger partial charge in [-0.3, -0.25) is 0 Å². The van der Waals surface area contributed by atoms with Crippen molar-refractivity contribution in [1.82, 2.24) is 0 Å². The van der Waals surface area contributed by atoms with E-state index in [0.29, 0.717) is 17.2 Å². The van der Waals surface area contributed by atoms with Crippen LogP contribution in [0.2, 0.25) is 25.1 Å². The van der Waals surface area contributed by atoms with Gasteiger partial charge in [0.15, 0.2) is 5.75 Å². The van der Waals surface area contributed by atoms with Gasteiger partial charge in [-0.15, -0.1) is 0 Å². The van der Waals surface area contributed by atoms with Crippen molar-refractivity contribution in [3.63, 3.8) is 0 Å². The van der Waals surface area contributed by atoms with E-state index in [2.05, 4.69) is 4.74 Å². The lowest BCUT2D eigenvalue weighted by molar-refractivity contribution is -0.0328. The second-order valence-electron chi connectivity index (χ2n) is 9.10. The van der Waals surface area contributed by atoms with Gasteiger partial charge in [-0.25, -0.2) is 0 Å². The van der Waals surface area contributed by atoms with E-state index in [1.165, 1.54) is 0 Å². The van der Waals surface area contributed by atoms with Crippen LogP contribution in [0.5, 0.6) is 23.0 Å². The predicted molar refractivity (Wildman–Crippen MR) is 183 cm³/mol. The fourth-order valence-electron chi connectivity index (χ4n) is 2.65. The number of epoxide rings is 1. The van der Waals surface area contributed by atoms with E-state index in [-0.39, 0.29) is 30.9 Å². The maximum absolute atomic E-state index is 9.20. The molecule has 1 heterocycles. The number of phenolic OH excluding ortho intramolecular Hbond substituents is 1. The van der Waals surface area contributed by atoms with Crippen LogP contribution in [0.3, 0.4) is 0 Å². The smallest absolute Gasteiger partial charge is 0.505 e. The number of halogens is 5. The molecule has 15 heteroatoms. The van der Waals surface area contributed by atoms with Crippen LogP contribution in [0.25, 0.3) is 0 Å². The molecule has 1 aliphatic heterocycles. The highest BCUT2D eigenvalue weighted by Crippen LogP contribution is 2.47. The predicted octanol–water partition coefficient (Wildman–Crippen LogP) is 8.07. The number of rotatable bonds is 10. The largest absolute Gasteiger partial charge is 0.530 e. The summed E-state index contributed by atoms with van der Waals surface area (Å²) in [5.74, 6) is 1.76. The Morgan fingerprint density at radius 3 is 1.00 bits per heavy atom. The van der Waals surface area contributed by atoms with Crippen LogP contribution in [0.4, 0.5) is 0 Å². The van der Waals surface area contributed by atoms with Gasteiger partial charge in [-0.2, -0.15) is 0 Å². The molecule has 1 saturated heterocycles. The highest BCUT2D eigenvalue weighted by Gasteiger charge is 2.26. The highest BCUT2D eigenvalue weighted by molar-refractivity contribution is 7.43. The van der Waals surface area contributed by atoms with Crippen LogP contribution in [-0.4, -0.2) is 65.2 Å². The molecule has 0 radical (unpaired) electrons. The molecule has 0 spiro atoms. The number of ether oxygens (including phenoxy) is 1. The second kappa shape index (κ2) is 21.6. The average Bonchev–Trinajstić information content (AvgIpc) is 3.99. The van der Waals surface area contributed by atoms with Gasteiger partial charge in [0.1, 0.15) is 27.3 Å². The number of hydrogen-bond donors (Lipinski definition) is 5. The lowest BCUT2D eigenvalue weighted by atomic mass is 9.93. The molecule has 4 aromatic carbocycles. The molecule has 46 heavy (non-hydrogen) atoms. The molecular formula is C31H32Cl5O9P. The zero-order valence-electron chi connectivity index (χ0n) is 24.1. The number of hydrogen-bond acceptors (Lipinski definition) is 9. The van der Waals surface area contributed by atoms with Crippen LogP contribution >= 0.6 is 66.6 Å². The van der Waals surface area contributed by atoms with Crippen LogP contribution in [0.1, 0.15) is 0 Å². The summed E-state index contributed by atoms with van der Waals surface area (Å²) < 4.78 is 22.0. The monoisotopic (exact) mass is 754 g/mol. The summed E-state index contributed by atoms with van der Waals surface area (Å²) in [4.78, 5) is 0. The number of para-hydroxylation sites is 3. The summed E-state index contributed by atoms with van der Waals surface area (Å²) in [6.45, 7) is 0.375. The summed E-state index contributed by atoms with van der Waals surface area (Å²) in [7, 11) is -1.59. The van der Waals surface area contributed by atoms with Gasteiger partial charge >= 0.3 is 8.60 Å². The van der Waals surface area contributed by atoms with Crippen molar-refractivity contribution in [3.8, 4) is 23.0 Å². The van der Waals surface area contributed by atoms with Crippen molar-refractivity contribution in [2.24, 2.45) is 5.41 Å². The van der Waals surface area contributed by atoms with Gasteiger partial charge in [0.05, 0.1) is 60.1 Å². The summed E-state index contributed by atoms with van der Waals surface area (Å²) in [6, 6.07) is 28.5. The summed E-state index contributed by atoms with van der Waals surface area (Å²) >= 11 is 27.9. The SMILES string of the molecule is C1CO1.OCC(CO)(CO)CO.Oc1c(Cl)c(Cl)c(Cl)c(Cl)c1Cl.c1ccc(OP(Oc2ccccc2)Oc2ccccc2)cc1. The van der Waals surface area contributed by atoms with E-state index in [1.807, 2.05) is 91.0 Å². The highest BCUT2D eigenvalue weighted by atomic mass is 35.5. The summed E-state index contributed by atoms with van der Waals surface area (Å²) in [6.07, 6.45) is 0. The lowest BCUT2D eigenvalue weighted by Crippen LogP contribution is -2.37. The van der Waals surface area contributed by atoms with Gasteiger partial charge in [-0.05, 0) is 36.4 Å². The molecule has 0 aliphatic carbocycles. The Bertz CT molecular complexity index is 1190. The minimum atomic E-state index is -1.59.